The van der Waals surface area contributed by atoms with E-state index in [1.54, 1.807) is 6.33 Å². The van der Waals surface area contributed by atoms with Gasteiger partial charge in [-0.3, -0.25) is 10.1 Å². The van der Waals surface area contributed by atoms with Crippen LogP contribution < -0.4 is 0 Å². The summed E-state index contributed by atoms with van der Waals surface area (Å²) >= 11 is 0. The summed E-state index contributed by atoms with van der Waals surface area (Å²) in [6, 6.07) is 1.45. The molecule has 0 aliphatic heterocycles. The van der Waals surface area contributed by atoms with Crippen LogP contribution in [0.5, 0.6) is 0 Å². The van der Waals surface area contributed by atoms with E-state index in [9.17, 15) is 10.1 Å². The van der Waals surface area contributed by atoms with Gasteiger partial charge >= 0.3 is 0 Å². The normalized spacial score (nSPS) is 11.3. The van der Waals surface area contributed by atoms with Gasteiger partial charge in [0.15, 0.2) is 5.65 Å². The minimum atomic E-state index is -0.457. The number of aromatic nitrogens is 3. The zero-order valence-electron chi connectivity index (χ0n) is 11.1. The van der Waals surface area contributed by atoms with Gasteiger partial charge in [0.1, 0.15) is 11.7 Å². The van der Waals surface area contributed by atoms with Crippen molar-refractivity contribution in [3.63, 3.8) is 0 Å². The molecule has 19 heavy (non-hydrogen) atoms. The largest absolute Gasteiger partial charge is 0.314 e. The van der Waals surface area contributed by atoms with Crippen LogP contribution >= 0.6 is 0 Å². The van der Waals surface area contributed by atoms with Crippen LogP contribution in [0.25, 0.3) is 11.2 Å². The molecule has 7 heteroatoms. The van der Waals surface area contributed by atoms with Gasteiger partial charge in [-0.1, -0.05) is 13.8 Å². The summed E-state index contributed by atoms with van der Waals surface area (Å²) in [5.41, 5.74) is 1.23. The fraction of sp³-hybridized carbons (Fsp3) is 0.500. The van der Waals surface area contributed by atoms with Crippen LogP contribution in [0.3, 0.4) is 0 Å². The second-order valence-electron chi connectivity index (χ2n) is 4.26. The molecule has 0 aliphatic rings. The molecule has 0 saturated heterocycles. The third-order valence-electron chi connectivity index (χ3n) is 3.20. The summed E-state index contributed by atoms with van der Waals surface area (Å²) in [6.07, 6.45) is 2.96. The first-order chi connectivity index (χ1) is 9.15. The van der Waals surface area contributed by atoms with Gasteiger partial charge in [-0.2, -0.15) is 0 Å². The Morgan fingerprint density at radius 3 is 2.74 bits per heavy atom. The van der Waals surface area contributed by atoms with Crippen molar-refractivity contribution < 1.29 is 4.92 Å². The maximum atomic E-state index is 10.7. The molecule has 0 saturated carbocycles. The van der Waals surface area contributed by atoms with E-state index < -0.39 is 4.92 Å². The van der Waals surface area contributed by atoms with Crippen LogP contribution in [0, 0.1) is 10.1 Å². The third-order valence-corrected chi connectivity index (χ3v) is 3.20. The van der Waals surface area contributed by atoms with Gasteiger partial charge in [-0.15, -0.1) is 0 Å². The first-order valence-corrected chi connectivity index (χ1v) is 6.33. The lowest BCUT2D eigenvalue weighted by molar-refractivity contribution is -0.385. The fourth-order valence-corrected chi connectivity index (χ4v) is 1.99. The van der Waals surface area contributed by atoms with E-state index in [4.69, 9.17) is 0 Å². The summed E-state index contributed by atoms with van der Waals surface area (Å²) in [5.74, 6) is 0. The van der Waals surface area contributed by atoms with Crippen molar-refractivity contribution in [3.05, 3.63) is 28.7 Å². The lowest BCUT2D eigenvalue weighted by Crippen LogP contribution is -2.26. The number of nitrogens with zero attached hydrogens (tertiary/aromatic N) is 5. The number of likely N-dealkylation sites (N-methyl/N-ethyl adjacent to an activating group) is 1. The molecule has 0 atom stereocenters. The van der Waals surface area contributed by atoms with Gasteiger partial charge in [0.2, 0.25) is 0 Å². The van der Waals surface area contributed by atoms with Gasteiger partial charge < -0.3 is 9.47 Å². The van der Waals surface area contributed by atoms with E-state index in [-0.39, 0.29) is 5.69 Å². The first-order valence-electron chi connectivity index (χ1n) is 6.33. The summed E-state index contributed by atoms with van der Waals surface area (Å²) in [7, 11) is 0. The average molecular weight is 263 g/mol. The Morgan fingerprint density at radius 1 is 1.37 bits per heavy atom. The van der Waals surface area contributed by atoms with Crippen molar-refractivity contribution >= 4 is 16.9 Å². The number of nitro groups is 1. The van der Waals surface area contributed by atoms with Crippen molar-refractivity contribution in [2.75, 3.05) is 19.6 Å². The van der Waals surface area contributed by atoms with Crippen LogP contribution in [-0.4, -0.2) is 44.0 Å². The molecule has 2 aromatic heterocycles. The highest BCUT2D eigenvalue weighted by molar-refractivity contribution is 5.73. The molecule has 2 aromatic rings. The zero-order valence-corrected chi connectivity index (χ0v) is 11.1. The maximum Gasteiger partial charge on any atom is 0.289 e. The monoisotopic (exact) mass is 263 g/mol. The van der Waals surface area contributed by atoms with Crippen molar-refractivity contribution in [2.45, 2.75) is 20.4 Å². The molecule has 0 unspecified atom stereocenters. The number of rotatable bonds is 6. The molecule has 2 rings (SSSR count). The van der Waals surface area contributed by atoms with E-state index in [0.29, 0.717) is 11.2 Å². The molecular weight excluding hydrogens is 246 g/mol. The molecule has 0 aliphatic carbocycles. The Labute approximate surface area is 111 Å². The van der Waals surface area contributed by atoms with Crippen LogP contribution in [0.4, 0.5) is 5.69 Å². The van der Waals surface area contributed by atoms with Crippen molar-refractivity contribution in [1.82, 2.24) is 19.4 Å². The Balaban J connectivity index is 2.19. The van der Waals surface area contributed by atoms with E-state index in [2.05, 4.69) is 28.7 Å². The third kappa shape index (κ3) is 2.87. The zero-order chi connectivity index (χ0) is 13.8. The van der Waals surface area contributed by atoms with Gasteiger partial charge in [-0.05, 0) is 13.1 Å². The smallest absolute Gasteiger partial charge is 0.289 e. The summed E-state index contributed by atoms with van der Waals surface area (Å²) < 4.78 is 1.93. The Hall–Kier alpha value is -2.02. The van der Waals surface area contributed by atoms with Crippen LogP contribution in [0.1, 0.15) is 13.8 Å². The molecule has 2 heterocycles. The lowest BCUT2D eigenvalue weighted by atomic mass is 10.4. The summed E-state index contributed by atoms with van der Waals surface area (Å²) in [4.78, 5) is 20.8. The second-order valence-corrected chi connectivity index (χ2v) is 4.26. The number of pyridine rings is 1. The molecule has 0 N–H and O–H groups in total. The molecule has 0 fully saturated rings. The summed E-state index contributed by atoms with van der Waals surface area (Å²) in [5, 5.41) is 10.7. The number of fused-ring (bicyclic) bond motifs is 1. The highest BCUT2D eigenvalue weighted by atomic mass is 16.6. The molecule has 0 radical (unpaired) electrons. The fourth-order valence-electron chi connectivity index (χ4n) is 1.99. The highest BCUT2D eigenvalue weighted by Gasteiger charge is 2.11. The Morgan fingerprint density at radius 2 is 2.11 bits per heavy atom. The highest BCUT2D eigenvalue weighted by Crippen LogP contribution is 2.16. The van der Waals surface area contributed by atoms with Crippen LogP contribution in [0.15, 0.2) is 18.6 Å². The molecule has 102 valence electrons. The van der Waals surface area contributed by atoms with Gasteiger partial charge in [0, 0.05) is 19.2 Å². The van der Waals surface area contributed by atoms with Crippen molar-refractivity contribution in [3.8, 4) is 0 Å². The van der Waals surface area contributed by atoms with E-state index in [1.165, 1.54) is 12.3 Å². The second kappa shape index (κ2) is 5.75. The number of hydrogen-bond donors (Lipinski definition) is 0. The van der Waals surface area contributed by atoms with Gasteiger partial charge in [0.25, 0.3) is 5.69 Å². The molecular formula is C12H17N5O2. The Bertz CT molecular complexity index is 577. The van der Waals surface area contributed by atoms with Crippen LogP contribution in [0.2, 0.25) is 0 Å². The SMILES string of the molecule is CCN(CC)CCn1cnc2cc([N+](=O)[O-])cnc21. The molecule has 0 spiro atoms. The number of imidazole rings is 1. The minimum absolute atomic E-state index is 0.0264. The molecule has 0 amide bonds. The van der Waals surface area contributed by atoms with Crippen molar-refractivity contribution in [1.29, 1.82) is 0 Å². The average Bonchev–Trinajstić information content (AvgIpc) is 2.82. The topological polar surface area (TPSA) is 77.1 Å². The van der Waals surface area contributed by atoms with E-state index in [1.807, 2.05) is 4.57 Å². The molecule has 0 bridgehead atoms. The van der Waals surface area contributed by atoms with E-state index in [0.717, 1.165) is 26.2 Å². The van der Waals surface area contributed by atoms with Gasteiger partial charge in [0.05, 0.1) is 11.3 Å². The van der Waals surface area contributed by atoms with E-state index >= 15 is 0 Å². The minimum Gasteiger partial charge on any atom is -0.314 e. The van der Waals surface area contributed by atoms with Crippen molar-refractivity contribution in [2.24, 2.45) is 0 Å². The lowest BCUT2D eigenvalue weighted by Gasteiger charge is -2.17. The molecule has 0 aromatic carbocycles. The quantitative estimate of drug-likeness (QED) is 0.585. The number of hydrogen-bond acceptors (Lipinski definition) is 5. The van der Waals surface area contributed by atoms with Gasteiger partial charge in [-0.25, -0.2) is 9.97 Å². The maximum absolute atomic E-state index is 10.7. The molecule has 7 nitrogen and oxygen atoms in total. The predicted octanol–water partition coefficient (Wildman–Crippen LogP) is 1.68. The standard InChI is InChI=1S/C12H17N5O2/c1-3-15(4-2)5-6-16-9-14-11-7-10(17(18)19)8-13-12(11)16/h7-9H,3-6H2,1-2H3. The van der Waals surface area contributed by atoms with Crippen LogP contribution in [-0.2, 0) is 6.54 Å². The predicted molar refractivity (Wildman–Crippen MR) is 72.0 cm³/mol. The Kier molecular flexibility index (Phi) is 4.06. The summed E-state index contributed by atoms with van der Waals surface area (Å²) in [6.45, 7) is 7.94. The first kappa shape index (κ1) is 13.4.